The molecule has 0 unspecified atom stereocenters. The molecule has 124 valence electrons. The van der Waals surface area contributed by atoms with Crippen LogP contribution < -0.4 is 0 Å². The first-order valence-corrected chi connectivity index (χ1v) is 10.1. The first-order valence-electron chi connectivity index (χ1n) is 7.65. The highest BCUT2D eigenvalue weighted by Gasteiger charge is 2.09. The molecule has 0 aliphatic rings. The normalized spacial score (nSPS) is 13.9. The highest BCUT2D eigenvalue weighted by atomic mass is 79.9. The molecule has 0 spiro atoms. The smallest absolute Gasteiger partial charge is 0.264 e. The van der Waals surface area contributed by atoms with Crippen molar-refractivity contribution in [3.8, 4) is 0 Å². The molecule has 1 N–H and O–H groups in total. The highest BCUT2D eigenvalue weighted by Crippen LogP contribution is 2.21. The van der Waals surface area contributed by atoms with Crippen LogP contribution in [0.3, 0.4) is 0 Å². The third-order valence-electron chi connectivity index (χ3n) is 3.43. The predicted molar refractivity (Wildman–Crippen MR) is 96.4 cm³/mol. The van der Waals surface area contributed by atoms with E-state index in [0.29, 0.717) is 18.3 Å². The maximum absolute atomic E-state index is 10.7. The van der Waals surface area contributed by atoms with Gasteiger partial charge >= 0.3 is 0 Å². The lowest BCUT2D eigenvalue weighted by Crippen LogP contribution is -2.06. The SMILES string of the molecule is CC(C)C[C@@H](/C=C/c1ccc(Br)cc1)CCCCS(=O)(=O)O. The van der Waals surface area contributed by atoms with Crippen molar-refractivity contribution in [2.75, 3.05) is 5.75 Å². The summed E-state index contributed by atoms with van der Waals surface area (Å²) in [4.78, 5) is 0. The van der Waals surface area contributed by atoms with Crippen LogP contribution in [0.4, 0.5) is 0 Å². The molecule has 0 aliphatic carbocycles. The Morgan fingerprint density at radius 2 is 1.82 bits per heavy atom. The van der Waals surface area contributed by atoms with Crippen LogP contribution in [0.25, 0.3) is 6.08 Å². The van der Waals surface area contributed by atoms with E-state index in [2.05, 4.69) is 54.1 Å². The Bertz CT molecular complexity index is 562. The molecule has 0 bridgehead atoms. The van der Waals surface area contributed by atoms with E-state index < -0.39 is 10.1 Å². The summed E-state index contributed by atoms with van der Waals surface area (Å²) in [5, 5.41) is 0. The fraction of sp³-hybridized carbons (Fsp3) is 0.529. The predicted octanol–water partition coefficient (Wildman–Crippen LogP) is 5.18. The molecule has 0 aliphatic heterocycles. The van der Waals surface area contributed by atoms with Crippen LogP contribution in [0.5, 0.6) is 0 Å². The summed E-state index contributed by atoms with van der Waals surface area (Å²) in [5.41, 5.74) is 1.16. The van der Waals surface area contributed by atoms with Crippen LogP contribution >= 0.6 is 15.9 Å². The van der Waals surface area contributed by atoms with Gasteiger partial charge < -0.3 is 0 Å². The van der Waals surface area contributed by atoms with Crippen LogP contribution in [-0.4, -0.2) is 18.7 Å². The van der Waals surface area contributed by atoms with E-state index in [4.69, 9.17) is 4.55 Å². The minimum Gasteiger partial charge on any atom is -0.286 e. The van der Waals surface area contributed by atoms with Crippen molar-refractivity contribution in [2.45, 2.75) is 39.5 Å². The van der Waals surface area contributed by atoms with Gasteiger partial charge in [0.2, 0.25) is 0 Å². The Hall–Kier alpha value is -0.650. The Morgan fingerprint density at radius 1 is 1.18 bits per heavy atom. The van der Waals surface area contributed by atoms with Gasteiger partial charge in [-0.15, -0.1) is 0 Å². The van der Waals surface area contributed by atoms with Gasteiger partial charge in [-0.3, -0.25) is 4.55 Å². The van der Waals surface area contributed by atoms with Gasteiger partial charge in [-0.05, 0) is 48.8 Å². The minimum absolute atomic E-state index is 0.141. The van der Waals surface area contributed by atoms with Crippen molar-refractivity contribution in [3.05, 3.63) is 40.4 Å². The largest absolute Gasteiger partial charge is 0.286 e. The average Bonchev–Trinajstić information content (AvgIpc) is 2.40. The molecule has 0 fully saturated rings. The molecule has 0 aromatic heterocycles. The van der Waals surface area contributed by atoms with Gasteiger partial charge in [0.15, 0.2) is 0 Å². The molecule has 0 saturated heterocycles. The van der Waals surface area contributed by atoms with E-state index in [1.54, 1.807) is 0 Å². The van der Waals surface area contributed by atoms with Gasteiger partial charge in [0.05, 0.1) is 5.75 Å². The zero-order chi connectivity index (χ0) is 16.6. The Labute approximate surface area is 142 Å². The van der Waals surface area contributed by atoms with E-state index in [-0.39, 0.29) is 5.75 Å². The number of unbranched alkanes of at least 4 members (excludes halogenated alkanes) is 1. The Balaban J connectivity index is 2.54. The first-order chi connectivity index (χ1) is 10.3. The molecule has 0 radical (unpaired) electrons. The Morgan fingerprint density at radius 3 is 2.36 bits per heavy atom. The monoisotopic (exact) mass is 388 g/mol. The molecule has 0 saturated carbocycles. The third-order valence-corrected chi connectivity index (χ3v) is 4.77. The first kappa shape index (κ1) is 19.4. The molecule has 1 rings (SSSR count). The van der Waals surface area contributed by atoms with E-state index in [0.717, 1.165) is 29.3 Å². The number of allylic oxidation sites excluding steroid dienone is 1. The maximum Gasteiger partial charge on any atom is 0.264 e. The number of hydrogen-bond donors (Lipinski definition) is 1. The summed E-state index contributed by atoms with van der Waals surface area (Å²) in [6.45, 7) is 4.39. The molecule has 0 heterocycles. The summed E-state index contributed by atoms with van der Waals surface area (Å²) in [7, 11) is -3.83. The van der Waals surface area contributed by atoms with E-state index in [1.165, 1.54) is 0 Å². The quantitative estimate of drug-likeness (QED) is 0.468. The van der Waals surface area contributed by atoms with E-state index in [1.807, 2.05) is 12.1 Å². The van der Waals surface area contributed by atoms with Gasteiger partial charge in [0.25, 0.3) is 10.1 Å². The fourth-order valence-corrected chi connectivity index (χ4v) is 3.24. The standard InChI is InChI=1S/C17H25BrO3S/c1-14(2)13-16(5-3-4-12-22(19,20)21)7-6-15-8-10-17(18)11-9-15/h6-11,14,16H,3-5,12-13H2,1-2H3,(H,19,20,21)/b7-6+/t16-/m1/s1. The molecule has 1 atom stereocenters. The molecular weight excluding hydrogens is 364 g/mol. The molecule has 3 nitrogen and oxygen atoms in total. The van der Waals surface area contributed by atoms with Crippen molar-refractivity contribution in [2.24, 2.45) is 11.8 Å². The number of rotatable bonds is 9. The van der Waals surface area contributed by atoms with Crippen LogP contribution in [0.15, 0.2) is 34.8 Å². The summed E-state index contributed by atoms with van der Waals surface area (Å²) < 4.78 is 31.3. The number of halogens is 1. The number of benzene rings is 1. The second kappa shape index (κ2) is 9.48. The van der Waals surface area contributed by atoms with Crippen molar-refractivity contribution >= 4 is 32.1 Å². The van der Waals surface area contributed by atoms with Gasteiger partial charge in [0, 0.05) is 4.47 Å². The summed E-state index contributed by atoms with van der Waals surface area (Å²) in [6, 6.07) is 8.16. The lowest BCUT2D eigenvalue weighted by molar-refractivity contribution is 0.436. The topological polar surface area (TPSA) is 54.4 Å². The van der Waals surface area contributed by atoms with Crippen molar-refractivity contribution in [3.63, 3.8) is 0 Å². The highest BCUT2D eigenvalue weighted by molar-refractivity contribution is 9.10. The van der Waals surface area contributed by atoms with Crippen LogP contribution in [-0.2, 0) is 10.1 Å². The van der Waals surface area contributed by atoms with Gasteiger partial charge in [-0.2, -0.15) is 8.42 Å². The van der Waals surface area contributed by atoms with Gasteiger partial charge in [0.1, 0.15) is 0 Å². The van der Waals surface area contributed by atoms with Crippen LogP contribution in [0, 0.1) is 11.8 Å². The van der Waals surface area contributed by atoms with Crippen molar-refractivity contribution < 1.29 is 13.0 Å². The zero-order valence-electron chi connectivity index (χ0n) is 13.2. The van der Waals surface area contributed by atoms with Crippen LogP contribution in [0.2, 0.25) is 0 Å². The molecule has 1 aromatic carbocycles. The summed E-state index contributed by atoms with van der Waals surface area (Å²) in [6.07, 6.45) is 7.69. The fourth-order valence-electron chi connectivity index (χ4n) is 2.41. The molecular formula is C17H25BrO3S. The lowest BCUT2D eigenvalue weighted by Gasteiger charge is -2.15. The summed E-state index contributed by atoms with van der Waals surface area (Å²) >= 11 is 3.42. The second-order valence-electron chi connectivity index (χ2n) is 6.08. The minimum atomic E-state index is -3.83. The van der Waals surface area contributed by atoms with Crippen molar-refractivity contribution in [1.82, 2.24) is 0 Å². The molecule has 5 heteroatoms. The number of hydrogen-bond acceptors (Lipinski definition) is 2. The maximum atomic E-state index is 10.7. The molecule has 22 heavy (non-hydrogen) atoms. The zero-order valence-corrected chi connectivity index (χ0v) is 15.6. The lowest BCUT2D eigenvalue weighted by atomic mass is 9.91. The van der Waals surface area contributed by atoms with E-state index in [9.17, 15) is 8.42 Å². The molecule has 0 amide bonds. The van der Waals surface area contributed by atoms with Gasteiger partial charge in [-0.25, -0.2) is 0 Å². The third kappa shape index (κ3) is 9.38. The van der Waals surface area contributed by atoms with Crippen molar-refractivity contribution in [1.29, 1.82) is 0 Å². The average molecular weight is 389 g/mol. The van der Waals surface area contributed by atoms with E-state index >= 15 is 0 Å². The summed E-state index contributed by atoms with van der Waals surface area (Å²) in [5.74, 6) is 0.892. The van der Waals surface area contributed by atoms with Crippen LogP contribution in [0.1, 0.15) is 45.1 Å². The van der Waals surface area contributed by atoms with Gasteiger partial charge in [-0.1, -0.05) is 60.5 Å². The Kier molecular flexibility index (Phi) is 8.36. The second-order valence-corrected chi connectivity index (χ2v) is 8.57. The molecule has 1 aromatic rings.